The highest BCUT2D eigenvalue weighted by molar-refractivity contribution is 6.30. The molecule has 100 valence electrons. The van der Waals surface area contributed by atoms with E-state index in [1.165, 1.54) is 12.1 Å². The zero-order valence-electron chi connectivity index (χ0n) is 9.86. The fourth-order valence-electron chi connectivity index (χ4n) is 2.64. The van der Waals surface area contributed by atoms with E-state index in [1.54, 1.807) is 0 Å². The monoisotopic (exact) mass is 277 g/mol. The molecule has 0 amide bonds. The minimum absolute atomic E-state index is 0.0884. The Morgan fingerprint density at radius 1 is 1.11 bits per heavy atom. The Morgan fingerprint density at radius 3 is 2.28 bits per heavy atom. The number of alkyl halides is 3. The van der Waals surface area contributed by atoms with Crippen molar-refractivity contribution < 1.29 is 13.2 Å². The zero-order chi connectivity index (χ0) is 13.4. The predicted molar refractivity (Wildman–Crippen MR) is 65.4 cm³/mol. The van der Waals surface area contributed by atoms with Crippen LogP contribution in [0.3, 0.4) is 0 Å². The van der Waals surface area contributed by atoms with Gasteiger partial charge in [0.15, 0.2) is 0 Å². The van der Waals surface area contributed by atoms with Gasteiger partial charge in [0.05, 0.1) is 5.56 Å². The molecule has 0 saturated heterocycles. The van der Waals surface area contributed by atoms with Crippen molar-refractivity contribution in [2.75, 3.05) is 0 Å². The van der Waals surface area contributed by atoms with Gasteiger partial charge in [0.2, 0.25) is 0 Å². The molecule has 0 aliphatic heterocycles. The Balaban J connectivity index is 2.49. The van der Waals surface area contributed by atoms with Gasteiger partial charge in [0.1, 0.15) is 0 Å². The molecule has 5 heteroatoms. The number of rotatable bonds is 1. The lowest BCUT2D eigenvalue weighted by Gasteiger charge is -2.35. The molecule has 18 heavy (non-hydrogen) atoms. The summed E-state index contributed by atoms with van der Waals surface area (Å²) in [7, 11) is 0. The van der Waals surface area contributed by atoms with Crippen molar-refractivity contribution in [3.63, 3.8) is 0 Å². The molecule has 1 saturated carbocycles. The summed E-state index contributed by atoms with van der Waals surface area (Å²) in [5, 5.41) is 0.0884. The fraction of sp³-hybridized carbons (Fsp3) is 0.538. The molecule has 1 fully saturated rings. The van der Waals surface area contributed by atoms with Gasteiger partial charge < -0.3 is 5.73 Å². The first kappa shape index (κ1) is 13.7. The van der Waals surface area contributed by atoms with Crippen LogP contribution in [0.1, 0.15) is 43.2 Å². The number of nitrogens with two attached hydrogens (primary N) is 1. The van der Waals surface area contributed by atoms with Crippen molar-refractivity contribution >= 4 is 11.6 Å². The van der Waals surface area contributed by atoms with E-state index >= 15 is 0 Å². The maximum atomic E-state index is 13.0. The van der Waals surface area contributed by atoms with Gasteiger partial charge in [-0.1, -0.05) is 36.9 Å². The first-order valence-corrected chi connectivity index (χ1v) is 6.37. The van der Waals surface area contributed by atoms with Crippen LogP contribution in [0.25, 0.3) is 0 Å². The number of hydrogen-bond donors (Lipinski definition) is 1. The van der Waals surface area contributed by atoms with Gasteiger partial charge in [-0.3, -0.25) is 0 Å². The second-order valence-electron chi connectivity index (χ2n) is 4.90. The minimum atomic E-state index is -4.41. The maximum Gasteiger partial charge on any atom is 0.416 e. The molecule has 2 rings (SSSR count). The average Bonchev–Trinajstić information content (AvgIpc) is 2.28. The summed E-state index contributed by atoms with van der Waals surface area (Å²) in [6.07, 6.45) is -0.444. The highest BCUT2D eigenvalue weighted by atomic mass is 35.5. The van der Waals surface area contributed by atoms with Gasteiger partial charge in [-0.2, -0.15) is 13.2 Å². The van der Waals surface area contributed by atoms with E-state index in [2.05, 4.69) is 0 Å². The summed E-state index contributed by atoms with van der Waals surface area (Å²) in [5.74, 6) is 0. The van der Waals surface area contributed by atoms with Gasteiger partial charge in [0, 0.05) is 10.6 Å². The lowest BCUT2D eigenvalue weighted by atomic mass is 9.75. The largest absolute Gasteiger partial charge is 0.416 e. The Kier molecular flexibility index (Phi) is 3.60. The highest BCUT2D eigenvalue weighted by Crippen LogP contribution is 2.42. The van der Waals surface area contributed by atoms with Crippen LogP contribution in [-0.4, -0.2) is 0 Å². The smallest absolute Gasteiger partial charge is 0.321 e. The van der Waals surface area contributed by atoms with E-state index in [1.807, 2.05) is 0 Å². The molecule has 0 heterocycles. The number of halogens is 4. The first-order valence-electron chi connectivity index (χ1n) is 5.99. The van der Waals surface area contributed by atoms with Gasteiger partial charge in [-0.25, -0.2) is 0 Å². The topological polar surface area (TPSA) is 26.0 Å². The van der Waals surface area contributed by atoms with Crippen molar-refractivity contribution in [3.05, 3.63) is 34.3 Å². The van der Waals surface area contributed by atoms with Crippen LogP contribution < -0.4 is 5.73 Å². The molecule has 1 aliphatic carbocycles. The third-order valence-electron chi connectivity index (χ3n) is 3.57. The average molecular weight is 278 g/mol. The molecule has 0 bridgehead atoms. The molecule has 0 spiro atoms. The van der Waals surface area contributed by atoms with Crippen molar-refractivity contribution in [1.82, 2.24) is 0 Å². The Labute approximate surface area is 109 Å². The molecular weight excluding hydrogens is 263 g/mol. The Bertz CT molecular complexity index is 436. The van der Waals surface area contributed by atoms with E-state index in [4.69, 9.17) is 17.3 Å². The molecule has 1 aromatic carbocycles. The molecule has 0 unspecified atom stereocenters. The summed E-state index contributed by atoms with van der Waals surface area (Å²) in [6.45, 7) is 0. The van der Waals surface area contributed by atoms with E-state index in [-0.39, 0.29) is 10.6 Å². The lowest BCUT2D eigenvalue weighted by Crippen LogP contribution is -2.40. The third-order valence-corrected chi connectivity index (χ3v) is 3.80. The minimum Gasteiger partial charge on any atom is -0.321 e. The summed E-state index contributed by atoms with van der Waals surface area (Å²) >= 11 is 5.67. The number of benzene rings is 1. The van der Waals surface area contributed by atoms with Crippen molar-refractivity contribution in [2.45, 2.75) is 43.8 Å². The molecule has 0 aromatic heterocycles. The van der Waals surface area contributed by atoms with Gasteiger partial charge >= 0.3 is 6.18 Å². The van der Waals surface area contributed by atoms with Crippen molar-refractivity contribution in [1.29, 1.82) is 0 Å². The van der Waals surface area contributed by atoms with Gasteiger partial charge in [-0.05, 0) is 30.5 Å². The normalized spacial score (nSPS) is 19.8. The highest BCUT2D eigenvalue weighted by Gasteiger charge is 2.40. The molecular formula is C13H15ClF3N. The standard InChI is InChI=1S/C13H15ClF3N/c14-9-4-5-10(11(8-9)13(15,16)17)12(18)6-2-1-3-7-12/h4-5,8H,1-3,6-7,18H2. The van der Waals surface area contributed by atoms with Crippen LogP contribution in [0.5, 0.6) is 0 Å². The molecule has 1 aromatic rings. The van der Waals surface area contributed by atoms with Gasteiger partial charge in [0.25, 0.3) is 0 Å². The third kappa shape index (κ3) is 2.64. The summed E-state index contributed by atoms with van der Waals surface area (Å²) in [4.78, 5) is 0. The van der Waals surface area contributed by atoms with Crippen molar-refractivity contribution in [2.24, 2.45) is 5.73 Å². The Hall–Kier alpha value is -0.740. The van der Waals surface area contributed by atoms with E-state index in [0.717, 1.165) is 25.3 Å². The fourth-order valence-corrected chi connectivity index (χ4v) is 2.81. The van der Waals surface area contributed by atoms with Crippen LogP contribution in [0.2, 0.25) is 5.02 Å². The molecule has 1 aliphatic rings. The summed E-state index contributed by atoms with van der Waals surface area (Å²) < 4.78 is 39.1. The quantitative estimate of drug-likeness (QED) is 0.805. The molecule has 2 N–H and O–H groups in total. The van der Waals surface area contributed by atoms with Crippen LogP contribution in [0.4, 0.5) is 13.2 Å². The SMILES string of the molecule is NC1(c2ccc(Cl)cc2C(F)(F)F)CCCCC1. The lowest BCUT2D eigenvalue weighted by molar-refractivity contribution is -0.139. The van der Waals surface area contributed by atoms with E-state index in [0.29, 0.717) is 12.8 Å². The van der Waals surface area contributed by atoms with Crippen LogP contribution >= 0.6 is 11.6 Å². The Morgan fingerprint density at radius 2 is 1.72 bits per heavy atom. The number of hydrogen-bond acceptors (Lipinski definition) is 1. The van der Waals surface area contributed by atoms with Crippen LogP contribution in [0.15, 0.2) is 18.2 Å². The zero-order valence-corrected chi connectivity index (χ0v) is 10.6. The second kappa shape index (κ2) is 4.74. The predicted octanol–water partition coefficient (Wildman–Crippen LogP) is 4.48. The molecule has 0 atom stereocenters. The second-order valence-corrected chi connectivity index (χ2v) is 5.34. The van der Waals surface area contributed by atoms with Gasteiger partial charge in [-0.15, -0.1) is 0 Å². The van der Waals surface area contributed by atoms with E-state index in [9.17, 15) is 13.2 Å². The van der Waals surface area contributed by atoms with Crippen molar-refractivity contribution in [3.8, 4) is 0 Å². The van der Waals surface area contributed by atoms with E-state index < -0.39 is 17.3 Å². The first-order chi connectivity index (χ1) is 8.33. The van der Waals surface area contributed by atoms with Crippen LogP contribution in [0, 0.1) is 0 Å². The molecule has 1 nitrogen and oxygen atoms in total. The summed E-state index contributed by atoms with van der Waals surface area (Å²) in [5.41, 5.74) is 4.80. The van der Waals surface area contributed by atoms with Crippen LogP contribution in [-0.2, 0) is 11.7 Å². The molecule has 0 radical (unpaired) electrons. The maximum absolute atomic E-state index is 13.0. The summed E-state index contributed by atoms with van der Waals surface area (Å²) in [6, 6.07) is 3.88.